The first-order valence-electron chi connectivity index (χ1n) is 4.13. The van der Waals surface area contributed by atoms with Crippen LogP contribution in [0.5, 0.6) is 0 Å². The Balaban J connectivity index is 2.99. The summed E-state index contributed by atoms with van der Waals surface area (Å²) < 4.78 is 0. The van der Waals surface area contributed by atoms with Gasteiger partial charge in [-0.1, -0.05) is 0 Å². The summed E-state index contributed by atoms with van der Waals surface area (Å²) >= 11 is 0. The molecule has 1 saturated heterocycles. The normalized spacial score (nSPS) is 24.2. The Hall–Kier alpha value is -1.39. The summed E-state index contributed by atoms with van der Waals surface area (Å²) in [4.78, 5) is 36.0. The maximum atomic E-state index is 11.4. The maximum Gasteiger partial charge on any atom is 0.333 e. The molecule has 0 unspecified atom stereocenters. The quantitative estimate of drug-likeness (QED) is 0.541. The Kier molecular flexibility index (Phi) is 2.36. The number of carbonyl (C=O) groups excluding carboxylic acids is 3. The summed E-state index contributed by atoms with van der Waals surface area (Å²) in [6.45, 7) is 3.52. The van der Waals surface area contributed by atoms with Crippen molar-refractivity contribution in [1.82, 2.24) is 9.80 Å². The van der Waals surface area contributed by atoms with E-state index in [2.05, 4.69) is 0 Å². The topological polar surface area (TPSA) is 57.7 Å². The van der Waals surface area contributed by atoms with Gasteiger partial charge in [-0.2, -0.15) is 0 Å². The molecule has 0 spiro atoms. The van der Waals surface area contributed by atoms with Crippen LogP contribution in [0.25, 0.3) is 0 Å². The van der Waals surface area contributed by atoms with E-state index in [0.29, 0.717) is 6.54 Å². The van der Waals surface area contributed by atoms with E-state index in [1.165, 1.54) is 14.0 Å². The third-order valence-electron chi connectivity index (χ3n) is 2.17. The molecule has 13 heavy (non-hydrogen) atoms. The highest BCUT2D eigenvalue weighted by molar-refractivity contribution is 6.15. The van der Waals surface area contributed by atoms with Gasteiger partial charge in [0.2, 0.25) is 11.8 Å². The molecule has 0 aliphatic carbocycles. The summed E-state index contributed by atoms with van der Waals surface area (Å²) in [5.41, 5.74) is 0. The number of imide groups is 2. The van der Waals surface area contributed by atoms with E-state index in [0.717, 1.165) is 9.80 Å². The van der Waals surface area contributed by atoms with Gasteiger partial charge in [-0.3, -0.25) is 19.4 Å². The molecule has 0 bridgehead atoms. The minimum atomic E-state index is -0.734. The van der Waals surface area contributed by atoms with Crippen LogP contribution in [0.15, 0.2) is 0 Å². The van der Waals surface area contributed by atoms with E-state index >= 15 is 0 Å². The fourth-order valence-electron chi connectivity index (χ4n) is 1.29. The standard InChI is InChI=1S/C8H12N2O3/c1-4-10-7(12)5(2)6(11)9(3)8(10)13/h5H,4H2,1-3H3/t5-/m1/s1. The summed E-state index contributed by atoms with van der Waals surface area (Å²) in [5.74, 6) is -1.57. The molecule has 5 nitrogen and oxygen atoms in total. The van der Waals surface area contributed by atoms with Crippen molar-refractivity contribution >= 4 is 17.8 Å². The van der Waals surface area contributed by atoms with Crippen molar-refractivity contribution in [3.05, 3.63) is 0 Å². The number of hydrogen-bond donors (Lipinski definition) is 0. The molecule has 72 valence electrons. The summed E-state index contributed by atoms with van der Waals surface area (Å²) in [6.07, 6.45) is 0. The van der Waals surface area contributed by atoms with Crippen molar-refractivity contribution in [2.75, 3.05) is 13.6 Å². The van der Waals surface area contributed by atoms with Crippen molar-refractivity contribution in [2.24, 2.45) is 5.92 Å². The fraction of sp³-hybridized carbons (Fsp3) is 0.625. The lowest BCUT2D eigenvalue weighted by Gasteiger charge is -2.32. The molecule has 1 heterocycles. The van der Waals surface area contributed by atoms with Gasteiger partial charge in [0, 0.05) is 13.6 Å². The van der Waals surface area contributed by atoms with Crippen molar-refractivity contribution in [2.45, 2.75) is 13.8 Å². The third-order valence-corrected chi connectivity index (χ3v) is 2.17. The van der Waals surface area contributed by atoms with Crippen LogP contribution in [0.4, 0.5) is 4.79 Å². The molecule has 0 aromatic heterocycles. The number of hydrogen-bond acceptors (Lipinski definition) is 3. The third kappa shape index (κ3) is 1.30. The van der Waals surface area contributed by atoms with Crippen molar-refractivity contribution in [1.29, 1.82) is 0 Å². The van der Waals surface area contributed by atoms with Crippen LogP contribution in [0.3, 0.4) is 0 Å². The first kappa shape index (κ1) is 9.70. The molecule has 0 N–H and O–H groups in total. The number of amides is 4. The van der Waals surface area contributed by atoms with E-state index in [-0.39, 0.29) is 0 Å². The second-order valence-corrected chi connectivity index (χ2v) is 2.98. The largest absolute Gasteiger partial charge is 0.333 e. The zero-order valence-electron chi connectivity index (χ0n) is 7.90. The van der Waals surface area contributed by atoms with Crippen LogP contribution in [0, 0.1) is 5.92 Å². The lowest BCUT2D eigenvalue weighted by molar-refractivity contribution is -0.147. The average Bonchev–Trinajstić information content (AvgIpc) is 2.13. The number of barbiturate groups is 1. The zero-order valence-corrected chi connectivity index (χ0v) is 7.90. The van der Waals surface area contributed by atoms with Crippen LogP contribution < -0.4 is 0 Å². The van der Waals surface area contributed by atoms with E-state index in [4.69, 9.17) is 0 Å². The summed E-state index contributed by atoms with van der Waals surface area (Å²) in [6, 6.07) is -0.532. The number of urea groups is 1. The van der Waals surface area contributed by atoms with Crippen LogP contribution in [-0.2, 0) is 9.59 Å². The van der Waals surface area contributed by atoms with Gasteiger partial charge in [-0.05, 0) is 13.8 Å². The van der Waals surface area contributed by atoms with Crippen LogP contribution in [-0.4, -0.2) is 41.2 Å². The lowest BCUT2D eigenvalue weighted by Crippen LogP contribution is -2.57. The lowest BCUT2D eigenvalue weighted by atomic mass is 10.1. The van der Waals surface area contributed by atoms with Gasteiger partial charge in [0.05, 0.1) is 0 Å². The predicted octanol–water partition coefficient (Wildman–Crippen LogP) is 0.0630. The van der Waals surface area contributed by atoms with Gasteiger partial charge in [-0.25, -0.2) is 4.79 Å². The van der Waals surface area contributed by atoms with Gasteiger partial charge >= 0.3 is 6.03 Å². The Morgan fingerprint density at radius 3 is 2.23 bits per heavy atom. The highest BCUT2D eigenvalue weighted by atomic mass is 16.2. The molecular weight excluding hydrogens is 172 g/mol. The molecule has 1 atom stereocenters. The molecule has 1 rings (SSSR count). The summed E-state index contributed by atoms with van der Waals surface area (Å²) in [7, 11) is 1.39. The number of rotatable bonds is 1. The molecule has 0 saturated carbocycles. The molecule has 0 aromatic rings. The first-order valence-corrected chi connectivity index (χ1v) is 4.13. The molecular formula is C8H12N2O3. The Morgan fingerprint density at radius 1 is 1.23 bits per heavy atom. The van der Waals surface area contributed by atoms with Crippen LogP contribution in [0.1, 0.15) is 13.8 Å². The predicted molar refractivity (Wildman–Crippen MR) is 44.7 cm³/mol. The molecule has 1 fully saturated rings. The molecule has 4 amide bonds. The average molecular weight is 184 g/mol. The summed E-state index contributed by atoms with van der Waals surface area (Å²) in [5, 5.41) is 0. The monoisotopic (exact) mass is 184 g/mol. The van der Waals surface area contributed by atoms with E-state index < -0.39 is 23.8 Å². The highest BCUT2D eigenvalue weighted by Crippen LogP contribution is 2.15. The van der Waals surface area contributed by atoms with E-state index in [1.807, 2.05) is 0 Å². The molecule has 5 heteroatoms. The number of carbonyl (C=O) groups is 3. The smallest absolute Gasteiger partial charge is 0.273 e. The SMILES string of the molecule is CCN1C(=O)[C@H](C)C(=O)N(C)C1=O. The Morgan fingerprint density at radius 2 is 1.77 bits per heavy atom. The van der Waals surface area contributed by atoms with Gasteiger partial charge in [-0.15, -0.1) is 0 Å². The van der Waals surface area contributed by atoms with Crippen molar-refractivity contribution in [3.63, 3.8) is 0 Å². The number of nitrogens with zero attached hydrogens (tertiary/aromatic N) is 2. The zero-order chi connectivity index (χ0) is 10.2. The fourth-order valence-corrected chi connectivity index (χ4v) is 1.29. The molecule has 1 aliphatic heterocycles. The van der Waals surface area contributed by atoms with Gasteiger partial charge in [0.25, 0.3) is 0 Å². The van der Waals surface area contributed by atoms with Crippen molar-refractivity contribution < 1.29 is 14.4 Å². The Labute approximate surface area is 76.3 Å². The van der Waals surface area contributed by atoms with Crippen LogP contribution in [0.2, 0.25) is 0 Å². The van der Waals surface area contributed by atoms with E-state index in [1.54, 1.807) is 6.92 Å². The highest BCUT2D eigenvalue weighted by Gasteiger charge is 2.40. The van der Waals surface area contributed by atoms with Gasteiger partial charge in [0.15, 0.2) is 0 Å². The minimum absolute atomic E-state index is 0.305. The second-order valence-electron chi connectivity index (χ2n) is 2.98. The minimum Gasteiger partial charge on any atom is -0.273 e. The molecule has 0 radical (unpaired) electrons. The van der Waals surface area contributed by atoms with Crippen molar-refractivity contribution in [3.8, 4) is 0 Å². The molecule has 0 aromatic carbocycles. The van der Waals surface area contributed by atoms with E-state index in [9.17, 15) is 14.4 Å². The van der Waals surface area contributed by atoms with Crippen LogP contribution >= 0.6 is 0 Å². The van der Waals surface area contributed by atoms with Gasteiger partial charge in [0.1, 0.15) is 5.92 Å². The second kappa shape index (κ2) is 3.16. The molecule has 1 aliphatic rings. The first-order chi connectivity index (χ1) is 6.00. The maximum absolute atomic E-state index is 11.4. The Bertz CT molecular complexity index is 251. The van der Waals surface area contributed by atoms with Gasteiger partial charge < -0.3 is 0 Å².